The Kier molecular flexibility index (Phi) is 9.12. The summed E-state index contributed by atoms with van der Waals surface area (Å²) < 4.78 is 2.18. The first kappa shape index (κ1) is 24.9. The molecule has 2 heterocycles. The third-order valence-electron chi connectivity index (χ3n) is 5.41. The average Bonchev–Trinajstić information content (AvgIpc) is 3.47. The van der Waals surface area contributed by atoms with Crippen molar-refractivity contribution in [2.45, 2.75) is 32.7 Å². The first-order valence-electron chi connectivity index (χ1n) is 11.2. The Balaban J connectivity index is 1.85. The minimum absolute atomic E-state index is 0.00358. The minimum Gasteiger partial charge on any atom is -0.355 e. The van der Waals surface area contributed by atoms with Gasteiger partial charge in [-0.15, -0.1) is 6.42 Å². The topological polar surface area (TPSA) is 90.2 Å². The van der Waals surface area contributed by atoms with E-state index in [0.29, 0.717) is 15.7 Å². The first-order chi connectivity index (χ1) is 16.5. The first-order valence-corrected chi connectivity index (χ1v) is 12.0. The Morgan fingerprint density at radius 2 is 2.12 bits per heavy atom. The predicted molar refractivity (Wildman–Crippen MR) is 135 cm³/mol. The SMILES string of the molecule is C#CCNC(=O)C(=C=c1sc(=C=CNc2cccc(CCN3CCCC3)c2)c(=O)n1CC)C#N. The van der Waals surface area contributed by atoms with Gasteiger partial charge in [-0.1, -0.05) is 40.9 Å². The normalized spacial score (nSPS) is 12.7. The van der Waals surface area contributed by atoms with Gasteiger partial charge in [-0.2, -0.15) is 5.26 Å². The highest BCUT2D eigenvalue weighted by Crippen LogP contribution is 2.13. The predicted octanol–water partition coefficient (Wildman–Crippen LogP) is 1.15. The third kappa shape index (κ3) is 6.62. The highest BCUT2D eigenvalue weighted by atomic mass is 32.1. The van der Waals surface area contributed by atoms with Crippen LogP contribution in [-0.4, -0.2) is 41.6 Å². The summed E-state index contributed by atoms with van der Waals surface area (Å²) in [5.41, 5.74) is 7.42. The van der Waals surface area contributed by atoms with Crippen molar-refractivity contribution in [3.63, 3.8) is 0 Å². The number of amides is 1. The van der Waals surface area contributed by atoms with Gasteiger partial charge >= 0.3 is 0 Å². The molecule has 1 aromatic carbocycles. The number of nitrogens with one attached hydrogen (secondary N) is 2. The van der Waals surface area contributed by atoms with Gasteiger partial charge in [0.25, 0.3) is 11.5 Å². The van der Waals surface area contributed by atoms with Crippen LogP contribution in [0.5, 0.6) is 0 Å². The molecule has 2 N–H and O–H groups in total. The smallest absolute Gasteiger partial charge is 0.277 e. The van der Waals surface area contributed by atoms with Gasteiger partial charge in [0.1, 0.15) is 15.3 Å². The number of hydrogen-bond acceptors (Lipinski definition) is 6. The molecule has 0 spiro atoms. The number of anilines is 1. The van der Waals surface area contributed by atoms with Crippen LogP contribution >= 0.6 is 11.3 Å². The fourth-order valence-electron chi connectivity index (χ4n) is 3.64. The summed E-state index contributed by atoms with van der Waals surface area (Å²) >= 11 is 1.12. The fraction of sp³-hybridized carbons (Fsp3) is 0.346. The van der Waals surface area contributed by atoms with Crippen molar-refractivity contribution < 1.29 is 4.79 Å². The maximum absolute atomic E-state index is 12.7. The van der Waals surface area contributed by atoms with Crippen LogP contribution in [0.3, 0.4) is 0 Å². The van der Waals surface area contributed by atoms with Gasteiger partial charge in [-0.25, -0.2) is 0 Å². The molecule has 1 saturated heterocycles. The number of hydrogen-bond donors (Lipinski definition) is 2. The summed E-state index contributed by atoms with van der Waals surface area (Å²) in [5.74, 6) is 1.65. The van der Waals surface area contributed by atoms with E-state index < -0.39 is 5.91 Å². The van der Waals surface area contributed by atoms with Crippen LogP contribution in [0, 0.1) is 23.7 Å². The van der Waals surface area contributed by atoms with E-state index in [-0.39, 0.29) is 17.7 Å². The van der Waals surface area contributed by atoms with Gasteiger partial charge in [0.15, 0.2) is 5.57 Å². The fourth-order valence-corrected chi connectivity index (χ4v) is 4.62. The third-order valence-corrected chi connectivity index (χ3v) is 6.42. The summed E-state index contributed by atoms with van der Waals surface area (Å²) in [6.45, 7) is 5.62. The number of thiazole rings is 1. The molecule has 0 aliphatic carbocycles. The number of nitrogens with zero attached hydrogens (tertiary/aromatic N) is 3. The van der Waals surface area contributed by atoms with Crippen LogP contribution in [0.25, 0.3) is 11.5 Å². The zero-order chi connectivity index (χ0) is 24.3. The van der Waals surface area contributed by atoms with E-state index in [0.717, 1.165) is 30.0 Å². The van der Waals surface area contributed by atoms with Crippen molar-refractivity contribution in [3.8, 4) is 18.4 Å². The van der Waals surface area contributed by atoms with Crippen molar-refractivity contribution in [2.24, 2.45) is 0 Å². The lowest BCUT2D eigenvalue weighted by Crippen LogP contribution is -2.30. The molecular weight excluding hydrogens is 446 g/mol. The largest absolute Gasteiger partial charge is 0.355 e. The molecule has 0 radical (unpaired) electrons. The van der Waals surface area contributed by atoms with Crippen LogP contribution < -0.4 is 25.4 Å². The zero-order valence-electron chi connectivity index (χ0n) is 19.2. The maximum Gasteiger partial charge on any atom is 0.277 e. The van der Waals surface area contributed by atoms with E-state index in [9.17, 15) is 14.9 Å². The molecule has 0 bridgehead atoms. The van der Waals surface area contributed by atoms with Crippen molar-refractivity contribution in [1.82, 2.24) is 14.8 Å². The Morgan fingerprint density at radius 1 is 1.32 bits per heavy atom. The zero-order valence-corrected chi connectivity index (χ0v) is 20.0. The molecule has 34 heavy (non-hydrogen) atoms. The molecule has 0 saturated carbocycles. The lowest BCUT2D eigenvalue weighted by Gasteiger charge is -2.14. The molecule has 1 aliphatic heterocycles. The highest BCUT2D eigenvalue weighted by molar-refractivity contribution is 7.07. The van der Waals surface area contributed by atoms with Crippen LogP contribution in [0.2, 0.25) is 0 Å². The summed E-state index contributed by atoms with van der Waals surface area (Å²) in [6.07, 6.45) is 10.3. The number of nitriles is 1. The molecule has 1 amide bonds. The van der Waals surface area contributed by atoms with Gasteiger partial charge < -0.3 is 15.5 Å². The van der Waals surface area contributed by atoms with Crippen LogP contribution in [0.1, 0.15) is 25.3 Å². The molecule has 2 aromatic rings. The number of likely N-dealkylation sites (tertiary alicyclic amines) is 1. The van der Waals surface area contributed by atoms with Gasteiger partial charge in [0, 0.05) is 25.0 Å². The van der Waals surface area contributed by atoms with Crippen molar-refractivity contribution in [3.05, 3.63) is 61.2 Å². The molecule has 174 valence electrons. The van der Waals surface area contributed by atoms with Gasteiger partial charge in [-0.05, 0) is 57.0 Å². The number of aromatic nitrogens is 1. The van der Waals surface area contributed by atoms with Crippen molar-refractivity contribution in [2.75, 3.05) is 31.5 Å². The Labute approximate surface area is 203 Å². The second-order valence-electron chi connectivity index (χ2n) is 7.72. The van der Waals surface area contributed by atoms with Crippen LogP contribution in [0.4, 0.5) is 5.69 Å². The van der Waals surface area contributed by atoms with Crippen molar-refractivity contribution >= 4 is 34.4 Å². The van der Waals surface area contributed by atoms with E-state index in [1.807, 2.05) is 25.1 Å². The lowest BCUT2D eigenvalue weighted by molar-refractivity contribution is -0.116. The second kappa shape index (κ2) is 12.5. The Morgan fingerprint density at radius 3 is 2.82 bits per heavy atom. The molecule has 0 atom stereocenters. The van der Waals surface area contributed by atoms with Gasteiger partial charge in [0.05, 0.1) is 6.54 Å². The van der Waals surface area contributed by atoms with Crippen molar-refractivity contribution in [1.29, 1.82) is 5.26 Å². The summed E-state index contributed by atoms with van der Waals surface area (Å²) in [4.78, 5) is 27.3. The number of benzene rings is 1. The monoisotopic (exact) mass is 473 g/mol. The molecule has 0 unspecified atom stereocenters. The average molecular weight is 474 g/mol. The van der Waals surface area contributed by atoms with Gasteiger partial charge in [0.2, 0.25) is 0 Å². The van der Waals surface area contributed by atoms with E-state index in [1.165, 1.54) is 36.1 Å². The summed E-state index contributed by atoms with van der Waals surface area (Å²) in [5, 5.41) is 14.9. The highest BCUT2D eigenvalue weighted by Gasteiger charge is 2.11. The van der Waals surface area contributed by atoms with E-state index >= 15 is 0 Å². The second-order valence-corrected chi connectivity index (χ2v) is 8.72. The van der Waals surface area contributed by atoms with Gasteiger partial charge in [-0.3, -0.25) is 14.2 Å². The molecule has 1 fully saturated rings. The van der Waals surface area contributed by atoms with E-state index in [2.05, 4.69) is 45.0 Å². The number of rotatable bonds is 8. The Hall–Kier alpha value is -3.77. The van der Waals surface area contributed by atoms with Crippen LogP contribution in [-0.2, 0) is 17.8 Å². The molecule has 1 aliphatic rings. The lowest BCUT2D eigenvalue weighted by atomic mass is 10.1. The molecule has 8 heteroatoms. The number of carbonyl (C=O) groups excluding carboxylic acids is 1. The number of carbonyl (C=O) groups is 1. The quantitative estimate of drug-likeness (QED) is 0.341. The summed E-state index contributed by atoms with van der Waals surface area (Å²) in [6, 6.07) is 10.0. The molecule has 7 nitrogen and oxygen atoms in total. The van der Waals surface area contributed by atoms with Crippen LogP contribution in [0.15, 0.2) is 40.8 Å². The molecule has 1 aromatic heterocycles. The maximum atomic E-state index is 12.7. The summed E-state index contributed by atoms with van der Waals surface area (Å²) in [7, 11) is 0. The number of terminal acetylenes is 1. The Bertz CT molecular complexity index is 1370. The van der Waals surface area contributed by atoms with E-state index in [4.69, 9.17) is 6.42 Å². The standard InChI is InChI=1S/C26H27N5O2S/c1-3-12-29-25(32)21(19-27)18-24-31(4-2)26(33)23(34-24)10-13-28-22-9-7-8-20(17-22)11-16-30-14-5-6-15-30/h1,7-9,13,17,28H,4-6,11-12,14-16H2,2H3,(H,29,32). The molecule has 3 rings (SSSR count). The molecular formula is C26H27N5O2S. The minimum atomic E-state index is -0.628. The van der Waals surface area contributed by atoms with E-state index in [1.54, 1.807) is 6.20 Å².